The van der Waals surface area contributed by atoms with Crippen molar-refractivity contribution in [1.29, 1.82) is 0 Å². The number of rotatable bonds is 21. The Morgan fingerprint density at radius 3 is 2.16 bits per heavy atom. The number of hydrazine groups is 1. The molecule has 5 N–H and O–H groups in total. The molecule has 0 unspecified atom stereocenters. The Bertz CT molecular complexity index is 1080. The zero-order valence-corrected chi connectivity index (χ0v) is 27.4. The molecule has 252 valence electrons. The lowest BCUT2D eigenvalue weighted by atomic mass is 9.98. The van der Waals surface area contributed by atoms with E-state index in [4.69, 9.17) is 9.47 Å². The van der Waals surface area contributed by atoms with Gasteiger partial charge < -0.3 is 30.2 Å². The summed E-state index contributed by atoms with van der Waals surface area (Å²) in [7, 11) is 0. The van der Waals surface area contributed by atoms with Crippen molar-refractivity contribution in [2.24, 2.45) is 11.8 Å². The third kappa shape index (κ3) is 16.0. The summed E-state index contributed by atoms with van der Waals surface area (Å²) in [6.45, 7) is 11.2. The summed E-state index contributed by atoms with van der Waals surface area (Å²) in [4.78, 5) is 75.5. The molecule has 1 rings (SSSR count). The van der Waals surface area contributed by atoms with E-state index >= 15 is 0 Å². The van der Waals surface area contributed by atoms with Gasteiger partial charge in [0, 0.05) is 6.42 Å². The molecular weight excluding hydrogens is 582 g/mol. The number of carbonyl (C=O) groups is 6. The number of aldehydes is 1. The van der Waals surface area contributed by atoms with Crippen LogP contribution in [0.3, 0.4) is 0 Å². The van der Waals surface area contributed by atoms with Gasteiger partial charge in [0.25, 0.3) is 0 Å². The third-order valence-corrected chi connectivity index (χ3v) is 7.04. The van der Waals surface area contributed by atoms with Gasteiger partial charge in [-0.1, -0.05) is 77.8 Å². The van der Waals surface area contributed by atoms with E-state index in [2.05, 4.69) is 26.8 Å². The molecule has 0 bridgehead atoms. The van der Waals surface area contributed by atoms with Gasteiger partial charge in [-0.2, -0.15) is 0 Å². The maximum atomic E-state index is 13.4. The van der Waals surface area contributed by atoms with Crippen LogP contribution < -0.4 is 26.8 Å². The highest BCUT2D eigenvalue weighted by Gasteiger charge is 2.31. The van der Waals surface area contributed by atoms with Crippen molar-refractivity contribution < 1.29 is 38.2 Å². The molecule has 4 amide bonds. The molecule has 45 heavy (non-hydrogen) atoms. The van der Waals surface area contributed by atoms with Crippen molar-refractivity contribution >= 4 is 36.1 Å². The Morgan fingerprint density at radius 2 is 1.56 bits per heavy atom. The van der Waals surface area contributed by atoms with Crippen molar-refractivity contribution in [3.05, 3.63) is 35.9 Å². The first-order valence-corrected chi connectivity index (χ1v) is 15.7. The van der Waals surface area contributed by atoms with E-state index in [9.17, 15) is 28.8 Å². The molecule has 13 heteroatoms. The topological polar surface area (TPSA) is 181 Å². The largest absolute Gasteiger partial charge is 0.466 e. The second kappa shape index (κ2) is 21.7. The summed E-state index contributed by atoms with van der Waals surface area (Å²) in [5, 5.41) is 7.83. The van der Waals surface area contributed by atoms with Gasteiger partial charge in [0.1, 0.15) is 31.0 Å². The number of nitrogens with one attached hydrogen (secondary N) is 5. The number of carbonyl (C=O) groups excluding carboxylic acids is 6. The fraction of sp³-hybridized carbons (Fsp3) is 0.625. The lowest BCUT2D eigenvalue weighted by molar-refractivity contribution is -0.144. The average molecular weight is 634 g/mol. The molecule has 13 nitrogen and oxygen atoms in total. The van der Waals surface area contributed by atoms with Gasteiger partial charge in [-0.25, -0.2) is 10.2 Å². The predicted octanol–water partition coefficient (Wildman–Crippen LogP) is 2.67. The zero-order chi connectivity index (χ0) is 33.8. The van der Waals surface area contributed by atoms with Crippen LogP contribution in [0.4, 0.5) is 4.79 Å². The van der Waals surface area contributed by atoms with E-state index in [1.165, 1.54) is 6.92 Å². The zero-order valence-electron chi connectivity index (χ0n) is 27.4. The van der Waals surface area contributed by atoms with Crippen LogP contribution in [0.5, 0.6) is 0 Å². The fourth-order valence-electron chi connectivity index (χ4n) is 4.14. The number of ether oxygens (including phenoxy) is 2. The van der Waals surface area contributed by atoms with E-state index in [-0.39, 0.29) is 37.9 Å². The molecule has 5 atom stereocenters. The second-order valence-electron chi connectivity index (χ2n) is 11.5. The van der Waals surface area contributed by atoms with Crippen LogP contribution in [0, 0.1) is 11.8 Å². The smallest absolute Gasteiger partial charge is 0.421 e. The van der Waals surface area contributed by atoms with Crippen LogP contribution >= 0.6 is 0 Å². The first-order chi connectivity index (χ1) is 21.4. The number of hydrogen-bond acceptors (Lipinski definition) is 9. The molecule has 1 aromatic carbocycles. The summed E-state index contributed by atoms with van der Waals surface area (Å²) >= 11 is 0. The predicted molar refractivity (Wildman–Crippen MR) is 168 cm³/mol. The first-order valence-electron chi connectivity index (χ1n) is 15.7. The van der Waals surface area contributed by atoms with Crippen LogP contribution in [0.25, 0.3) is 0 Å². The van der Waals surface area contributed by atoms with Crippen LogP contribution in [0.2, 0.25) is 0 Å². The highest BCUT2D eigenvalue weighted by Crippen LogP contribution is 2.10. The molecule has 0 aliphatic carbocycles. The standard InChI is InChI=1S/C32H51N5O8/c1-7-9-17-44-27(39)16-15-26(30(41)33-23(6)29(40)34-25(19-38)18-21(3)4)35-31(42)28(22(5)8-2)36-37-32(43)45-20-24-13-11-10-12-14-24/h10-14,19,21-23,25-26,28,36H,7-9,15-18,20H2,1-6H3,(H,33,41)(H,34,40)(H,35,42)(H,37,43)/t22-,23-,25-,26-,28-/m0/s1. The summed E-state index contributed by atoms with van der Waals surface area (Å²) < 4.78 is 10.4. The minimum Gasteiger partial charge on any atom is -0.466 e. The highest BCUT2D eigenvalue weighted by atomic mass is 16.6. The Hall–Kier alpha value is -4.00. The van der Waals surface area contributed by atoms with Crippen molar-refractivity contribution in [3.63, 3.8) is 0 Å². The molecule has 0 aromatic heterocycles. The molecule has 0 aliphatic rings. The second-order valence-corrected chi connectivity index (χ2v) is 11.5. The van der Waals surface area contributed by atoms with Gasteiger partial charge >= 0.3 is 12.1 Å². The minimum atomic E-state index is -1.21. The van der Waals surface area contributed by atoms with E-state index < -0.39 is 54.0 Å². The molecular formula is C32H51N5O8. The van der Waals surface area contributed by atoms with Crippen LogP contribution in [0.15, 0.2) is 30.3 Å². The summed E-state index contributed by atoms with van der Waals surface area (Å²) in [6, 6.07) is 5.17. The van der Waals surface area contributed by atoms with Crippen LogP contribution in [-0.2, 0) is 40.1 Å². The van der Waals surface area contributed by atoms with Crippen molar-refractivity contribution in [3.8, 4) is 0 Å². The van der Waals surface area contributed by atoms with E-state index in [1.54, 1.807) is 19.1 Å². The van der Waals surface area contributed by atoms with Crippen molar-refractivity contribution in [1.82, 2.24) is 26.8 Å². The number of hydrogen-bond donors (Lipinski definition) is 5. The van der Waals surface area contributed by atoms with Gasteiger partial charge in [0.15, 0.2) is 0 Å². The van der Waals surface area contributed by atoms with Crippen LogP contribution in [-0.4, -0.2) is 66.8 Å². The molecule has 1 aromatic rings. The first kappa shape index (κ1) is 39.0. The highest BCUT2D eigenvalue weighted by molar-refractivity contribution is 5.93. The molecule has 0 radical (unpaired) electrons. The van der Waals surface area contributed by atoms with Crippen molar-refractivity contribution in [2.75, 3.05) is 6.61 Å². The lowest BCUT2D eigenvalue weighted by Gasteiger charge is -2.27. The molecule has 0 fully saturated rings. The quantitative estimate of drug-likeness (QED) is 0.0589. The number of amides is 4. The Labute approximate surface area is 266 Å². The Kier molecular flexibility index (Phi) is 18.8. The number of unbranched alkanes of at least 4 members (excludes halogenated alkanes) is 1. The Morgan fingerprint density at radius 1 is 0.867 bits per heavy atom. The van der Waals surface area contributed by atoms with Crippen LogP contribution in [0.1, 0.15) is 85.6 Å². The maximum Gasteiger partial charge on any atom is 0.421 e. The van der Waals surface area contributed by atoms with Gasteiger partial charge in [-0.15, -0.1) is 0 Å². The molecule has 0 saturated carbocycles. The lowest BCUT2D eigenvalue weighted by Crippen LogP contribution is -2.59. The van der Waals surface area contributed by atoms with Gasteiger partial charge in [-0.05, 0) is 43.6 Å². The van der Waals surface area contributed by atoms with E-state index in [0.29, 0.717) is 25.5 Å². The van der Waals surface area contributed by atoms with Gasteiger partial charge in [0.05, 0.1) is 12.6 Å². The van der Waals surface area contributed by atoms with Gasteiger partial charge in [-0.3, -0.25) is 24.6 Å². The normalized spacial score (nSPS) is 14.2. The summed E-state index contributed by atoms with van der Waals surface area (Å²) in [5.41, 5.74) is 5.87. The summed E-state index contributed by atoms with van der Waals surface area (Å²) in [5.74, 6) is -2.52. The maximum absolute atomic E-state index is 13.4. The fourth-order valence-corrected chi connectivity index (χ4v) is 4.14. The molecule has 0 aliphatic heterocycles. The van der Waals surface area contributed by atoms with E-state index in [1.807, 2.05) is 45.9 Å². The van der Waals surface area contributed by atoms with Crippen molar-refractivity contribution in [2.45, 2.75) is 111 Å². The van der Waals surface area contributed by atoms with Gasteiger partial charge in [0.2, 0.25) is 17.7 Å². The minimum absolute atomic E-state index is 0.0297. The molecule has 0 spiro atoms. The summed E-state index contributed by atoms with van der Waals surface area (Å²) in [6.07, 6.45) is 2.12. The van der Waals surface area contributed by atoms with E-state index in [0.717, 1.165) is 12.0 Å². The average Bonchev–Trinajstić information content (AvgIpc) is 3.01. The number of benzene rings is 1. The SMILES string of the molecule is CCCCOC(=O)CC[C@H](NC(=O)[C@@H](NNC(=O)OCc1ccccc1)[C@@H](C)CC)C(=O)N[C@@H](C)C(=O)N[C@H](C=O)CC(C)C. The third-order valence-electron chi connectivity index (χ3n) is 7.04. The molecule has 0 saturated heterocycles. The monoisotopic (exact) mass is 633 g/mol. The Balaban J connectivity index is 2.95. The molecule has 0 heterocycles. The number of esters is 1.